The van der Waals surface area contributed by atoms with Crippen LogP contribution in [0.5, 0.6) is 11.6 Å². The average Bonchev–Trinajstić information content (AvgIpc) is 2.86. The number of phenols is 1. The van der Waals surface area contributed by atoms with Gasteiger partial charge in [-0.1, -0.05) is 0 Å². The van der Waals surface area contributed by atoms with Gasteiger partial charge in [-0.05, 0) is 70.3 Å². The molecule has 7 heteroatoms. The van der Waals surface area contributed by atoms with E-state index in [1.807, 2.05) is 25.1 Å². The van der Waals surface area contributed by atoms with Crippen LogP contribution < -0.4 is 4.74 Å². The Morgan fingerprint density at radius 1 is 1.24 bits per heavy atom. The molecule has 3 aromatic rings. The van der Waals surface area contributed by atoms with E-state index in [1.54, 1.807) is 6.07 Å². The molecule has 2 aromatic heterocycles. The van der Waals surface area contributed by atoms with Gasteiger partial charge in [0.1, 0.15) is 11.6 Å². The van der Waals surface area contributed by atoms with Crippen LogP contribution in [0.25, 0.3) is 22.6 Å². The van der Waals surface area contributed by atoms with Crippen molar-refractivity contribution in [1.29, 1.82) is 0 Å². The lowest BCUT2D eigenvalue weighted by Gasteiger charge is -2.04. The Labute approximate surface area is 148 Å². The molecule has 0 aliphatic heterocycles. The van der Waals surface area contributed by atoms with Gasteiger partial charge in [0.15, 0.2) is 5.65 Å². The summed E-state index contributed by atoms with van der Waals surface area (Å²) in [6.45, 7) is 2.47. The van der Waals surface area contributed by atoms with Crippen LogP contribution >= 0.6 is 45.2 Å². The second-order valence-corrected chi connectivity index (χ2v) is 6.73. The predicted octanol–water partition coefficient (Wildman–Crippen LogP) is 3.94. The van der Waals surface area contributed by atoms with E-state index in [-0.39, 0.29) is 5.75 Å². The van der Waals surface area contributed by atoms with E-state index < -0.39 is 0 Å². The number of H-pyrrole nitrogens is 1. The predicted molar refractivity (Wildman–Crippen MR) is 97.6 cm³/mol. The number of nitrogens with one attached hydrogen (secondary N) is 1. The molecule has 0 saturated heterocycles. The lowest BCUT2D eigenvalue weighted by molar-refractivity contribution is 0.328. The maximum Gasteiger partial charge on any atom is 0.215 e. The van der Waals surface area contributed by atoms with E-state index in [9.17, 15) is 5.11 Å². The third-order valence-electron chi connectivity index (χ3n) is 2.90. The number of ether oxygens (including phenoxy) is 1. The number of imidazole rings is 1. The van der Waals surface area contributed by atoms with Crippen molar-refractivity contribution in [3.63, 3.8) is 0 Å². The summed E-state index contributed by atoms with van der Waals surface area (Å²) in [5.74, 6) is 1.37. The number of aromatic hydroxyl groups is 1. The normalized spacial score (nSPS) is 11.0. The number of hydrogen-bond donors (Lipinski definition) is 2. The van der Waals surface area contributed by atoms with Gasteiger partial charge in [-0.15, -0.1) is 0 Å². The maximum absolute atomic E-state index is 10.2. The second-order valence-electron chi connectivity index (χ2n) is 4.32. The highest BCUT2D eigenvalue weighted by Gasteiger charge is 2.14. The number of nitrogens with zero attached hydrogens (tertiary/aromatic N) is 2. The van der Waals surface area contributed by atoms with Crippen molar-refractivity contribution < 1.29 is 9.84 Å². The molecule has 0 radical (unpaired) electrons. The highest BCUT2D eigenvalue weighted by molar-refractivity contribution is 14.1. The van der Waals surface area contributed by atoms with E-state index in [2.05, 4.69) is 60.1 Å². The number of aromatic nitrogens is 3. The second kappa shape index (κ2) is 5.95. The SMILES string of the molecule is CCOc1ccc2[nH]c(-c3cc(I)cc(I)c3O)nc2n1. The minimum Gasteiger partial charge on any atom is -0.506 e. The molecule has 0 spiro atoms. The number of hydrogen-bond acceptors (Lipinski definition) is 4. The number of phenolic OH excluding ortho intramolecular Hbond substituents is 1. The molecule has 2 heterocycles. The van der Waals surface area contributed by atoms with E-state index in [0.29, 0.717) is 29.5 Å². The summed E-state index contributed by atoms with van der Waals surface area (Å²) in [5, 5.41) is 10.2. The van der Waals surface area contributed by atoms with Gasteiger partial charge in [0.2, 0.25) is 5.88 Å². The molecule has 0 bridgehead atoms. The van der Waals surface area contributed by atoms with Crippen molar-refractivity contribution >= 4 is 56.3 Å². The van der Waals surface area contributed by atoms with Crippen LogP contribution in [0.15, 0.2) is 24.3 Å². The minimum atomic E-state index is 0.222. The molecule has 0 aliphatic rings. The first kappa shape index (κ1) is 14.8. The van der Waals surface area contributed by atoms with Crippen LogP contribution in [0, 0.1) is 7.14 Å². The first-order valence-electron chi connectivity index (χ1n) is 6.26. The van der Waals surface area contributed by atoms with Crippen LogP contribution in [-0.2, 0) is 0 Å². The summed E-state index contributed by atoms with van der Waals surface area (Å²) in [5.41, 5.74) is 2.05. The van der Waals surface area contributed by atoms with Crippen LogP contribution in [-0.4, -0.2) is 26.7 Å². The van der Waals surface area contributed by atoms with Gasteiger partial charge in [-0.25, -0.2) is 4.98 Å². The van der Waals surface area contributed by atoms with E-state index in [4.69, 9.17) is 4.74 Å². The third-order valence-corrected chi connectivity index (χ3v) is 4.34. The van der Waals surface area contributed by atoms with Crippen molar-refractivity contribution in [2.45, 2.75) is 6.92 Å². The van der Waals surface area contributed by atoms with E-state index >= 15 is 0 Å². The Hall–Kier alpha value is -1.10. The Bertz CT molecular complexity index is 817. The molecule has 0 fully saturated rings. The van der Waals surface area contributed by atoms with Gasteiger partial charge in [0.25, 0.3) is 0 Å². The van der Waals surface area contributed by atoms with Crippen LogP contribution in [0.1, 0.15) is 6.92 Å². The number of fused-ring (bicyclic) bond motifs is 1. The van der Waals surface area contributed by atoms with Crippen molar-refractivity contribution in [1.82, 2.24) is 15.0 Å². The number of pyridine rings is 1. The molecule has 0 unspecified atom stereocenters. The summed E-state index contributed by atoms with van der Waals surface area (Å²) >= 11 is 4.32. The molecule has 3 rings (SSSR count). The zero-order chi connectivity index (χ0) is 15.0. The molecule has 2 N–H and O–H groups in total. The molecule has 108 valence electrons. The molecule has 0 saturated carbocycles. The van der Waals surface area contributed by atoms with Crippen molar-refractivity contribution in [2.24, 2.45) is 0 Å². The van der Waals surface area contributed by atoms with Gasteiger partial charge in [-0.3, -0.25) is 0 Å². The number of aromatic amines is 1. The standard InChI is InChI=1S/C14H11I2N3O2/c1-2-21-11-4-3-10-14(18-11)19-13(17-10)8-5-7(15)6-9(16)12(8)20/h3-6,20H,2H2,1H3,(H,17,18,19). The van der Waals surface area contributed by atoms with Gasteiger partial charge in [0, 0.05) is 9.64 Å². The average molecular weight is 507 g/mol. The van der Waals surface area contributed by atoms with Crippen molar-refractivity contribution in [3.8, 4) is 23.0 Å². The Morgan fingerprint density at radius 2 is 2.05 bits per heavy atom. The van der Waals surface area contributed by atoms with Crippen LogP contribution in [0.2, 0.25) is 0 Å². The number of rotatable bonds is 3. The fourth-order valence-electron chi connectivity index (χ4n) is 1.98. The van der Waals surface area contributed by atoms with Crippen LogP contribution in [0.4, 0.5) is 0 Å². The minimum absolute atomic E-state index is 0.222. The summed E-state index contributed by atoms with van der Waals surface area (Å²) in [4.78, 5) is 12.0. The zero-order valence-electron chi connectivity index (χ0n) is 11.0. The van der Waals surface area contributed by atoms with Gasteiger partial charge < -0.3 is 14.8 Å². The molecule has 0 aliphatic carbocycles. The van der Waals surface area contributed by atoms with Gasteiger partial charge in [0.05, 0.1) is 21.3 Å². The summed E-state index contributed by atoms with van der Waals surface area (Å²) < 4.78 is 7.20. The zero-order valence-corrected chi connectivity index (χ0v) is 15.3. The quantitative estimate of drug-likeness (QED) is 0.528. The molecular formula is C14H11I2N3O2. The Morgan fingerprint density at radius 3 is 2.81 bits per heavy atom. The molecule has 0 amide bonds. The van der Waals surface area contributed by atoms with E-state index in [1.165, 1.54) is 0 Å². The molecule has 5 nitrogen and oxygen atoms in total. The molecule has 21 heavy (non-hydrogen) atoms. The molecular weight excluding hydrogens is 496 g/mol. The first-order valence-corrected chi connectivity index (χ1v) is 8.42. The van der Waals surface area contributed by atoms with Crippen molar-refractivity contribution in [2.75, 3.05) is 6.61 Å². The molecule has 1 aromatic carbocycles. The third kappa shape index (κ3) is 2.93. The van der Waals surface area contributed by atoms with E-state index in [0.717, 1.165) is 12.7 Å². The van der Waals surface area contributed by atoms with Crippen molar-refractivity contribution in [3.05, 3.63) is 31.4 Å². The lowest BCUT2D eigenvalue weighted by atomic mass is 10.2. The lowest BCUT2D eigenvalue weighted by Crippen LogP contribution is -1.93. The summed E-state index contributed by atoms with van der Waals surface area (Å²) in [6, 6.07) is 7.47. The monoisotopic (exact) mass is 507 g/mol. The topological polar surface area (TPSA) is 71.0 Å². The van der Waals surface area contributed by atoms with Gasteiger partial charge >= 0.3 is 0 Å². The summed E-state index contributed by atoms with van der Waals surface area (Å²) in [6.07, 6.45) is 0. The van der Waals surface area contributed by atoms with Crippen LogP contribution in [0.3, 0.4) is 0 Å². The summed E-state index contributed by atoms with van der Waals surface area (Å²) in [7, 11) is 0. The largest absolute Gasteiger partial charge is 0.506 e. The fraction of sp³-hybridized carbons (Fsp3) is 0.143. The highest BCUT2D eigenvalue weighted by Crippen LogP contribution is 2.34. The fourth-order valence-corrected chi connectivity index (χ4v) is 3.82. The smallest absolute Gasteiger partial charge is 0.215 e. The maximum atomic E-state index is 10.2. The number of halogens is 2. The van der Waals surface area contributed by atoms with Gasteiger partial charge in [-0.2, -0.15) is 4.98 Å². The molecule has 0 atom stereocenters. The Kier molecular flexibility index (Phi) is 4.20. The first-order chi connectivity index (χ1) is 10.1. The Balaban J connectivity index is 2.13. The highest BCUT2D eigenvalue weighted by atomic mass is 127. The number of benzene rings is 1.